The molecule has 0 saturated carbocycles. The van der Waals surface area contributed by atoms with Crippen molar-refractivity contribution in [3.05, 3.63) is 30.3 Å². The molecule has 3 nitrogen and oxygen atoms in total. The summed E-state index contributed by atoms with van der Waals surface area (Å²) in [7, 11) is 2.10. The van der Waals surface area contributed by atoms with Crippen LogP contribution in [0.3, 0.4) is 0 Å². The molecule has 0 unspecified atom stereocenters. The van der Waals surface area contributed by atoms with Gasteiger partial charge in [0.1, 0.15) is 0 Å². The quantitative estimate of drug-likeness (QED) is 0.789. The Hall–Kier alpha value is -1.06. The summed E-state index contributed by atoms with van der Waals surface area (Å²) in [5, 5.41) is 9.15. The summed E-state index contributed by atoms with van der Waals surface area (Å²) in [6.07, 6.45) is -0.0907. The van der Waals surface area contributed by atoms with E-state index in [1.165, 1.54) is 5.69 Å². The van der Waals surface area contributed by atoms with E-state index in [0.29, 0.717) is 0 Å². The van der Waals surface area contributed by atoms with Gasteiger partial charge in [0.15, 0.2) is 0 Å². The van der Waals surface area contributed by atoms with Crippen molar-refractivity contribution < 1.29 is 5.11 Å². The maximum absolute atomic E-state index is 9.15. The number of benzene rings is 1. The van der Waals surface area contributed by atoms with Crippen molar-refractivity contribution in [2.24, 2.45) is 0 Å². The van der Waals surface area contributed by atoms with Crippen molar-refractivity contribution in [3.63, 3.8) is 0 Å². The van der Waals surface area contributed by atoms with Crippen molar-refractivity contribution in [2.45, 2.75) is 6.10 Å². The van der Waals surface area contributed by atoms with Gasteiger partial charge in [-0.05, 0) is 12.1 Å². The van der Waals surface area contributed by atoms with Gasteiger partial charge in [-0.3, -0.25) is 4.90 Å². The smallest absolute Gasteiger partial charge is 0.0793 e. The van der Waals surface area contributed by atoms with Gasteiger partial charge in [0.25, 0.3) is 0 Å². The summed E-state index contributed by atoms with van der Waals surface area (Å²) >= 11 is 0. The molecule has 0 amide bonds. The van der Waals surface area contributed by atoms with Gasteiger partial charge in [0.05, 0.1) is 6.10 Å². The van der Waals surface area contributed by atoms with Gasteiger partial charge in [0.2, 0.25) is 0 Å². The van der Waals surface area contributed by atoms with E-state index in [0.717, 1.165) is 26.2 Å². The first-order valence-corrected chi connectivity index (χ1v) is 5.42. The lowest BCUT2D eigenvalue weighted by Crippen LogP contribution is -2.52. The Labute approximate surface area is 90.9 Å². The lowest BCUT2D eigenvalue weighted by Gasteiger charge is -2.37. The summed E-state index contributed by atoms with van der Waals surface area (Å²) < 4.78 is 0. The first-order chi connectivity index (χ1) is 7.25. The van der Waals surface area contributed by atoms with E-state index in [-0.39, 0.29) is 6.10 Å². The second-order valence-corrected chi connectivity index (χ2v) is 4.17. The average Bonchev–Trinajstić information content (AvgIpc) is 2.23. The number of hydrogen-bond donors (Lipinski definition) is 1. The molecular weight excluding hydrogens is 188 g/mol. The molecule has 2 rings (SSSR count). The van der Waals surface area contributed by atoms with Gasteiger partial charge in [-0.2, -0.15) is 0 Å². The predicted molar refractivity (Wildman–Crippen MR) is 62.2 cm³/mol. The molecule has 1 aliphatic rings. The van der Waals surface area contributed by atoms with Crippen LogP contribution in [0, 0.1) is 0 Å². The normalized spacial score (nSPS) is 17.5. The second kappa shape index (κ2) is 4.64. The van der Waals surface area contributed by atoms with Crippen LogP contribution in [0.4, 0.5) is 5.69 Å². The fourth-order valence-electron chi connectivity index (χ4n) is 1.83. The zero-order valence-electron chi connectivity index (χ0n) is 9.13. The maximum atomic E-state index is 9.15. The Morgan fingerprint density at radius 3 is 2.60 bits per heavy atom. The van der Waals surface area contributed by atoms with Crippen molar-refractivity contribution in [1.29, 1.82) is 0 Å². The minimum absolute atomic E-state index is 0.0907. The Morgan fingerprint density at radius 2 is 2.00 bits per heavy atom. The first-order valence-electron chi connectivity index (χ1n) is 5.42. The van der Waals surface area contributed by atoms with Crippen LogP contribution < -0.4 is 4.90 Å². The van der Waals surface area contributed by atoms with E-state index in [9.17, 15) is 0 Å². The van der Waals surface area contributed by atoms with Crippen LogP contribution in [0.2, 0.25) is 0 Å². The standard InChI is InChI=1S/C12H18N2O/c1-13(11-5-3-2-4-6-11)7-8-14-9-12(15)10-14/h2-6,12,15H,7-10H2,1H3. The zero-order valence-corrected chi connectivity index (χ0v) is 9.13. The highest BCUT2D eigenvalue weighted by atomic mass is 16.3. The molecule has 1 aromatic rings. The molecule has 15 heavy (non-hydrogen) atoms. The average molecular weight is 206 g/mol. The number of nitrogens with zero attached hydrogens (tertiary/aromatic N) is 2. The Bertz CT molecular complexity index is 296. The van der Waals surface area contributed by atoms with Gasteiger partial charge in [-0.1, -0.05) is 18.2 Å². The van der Waals surface area contributed by atoms with Gasteiger partial charge < -0.3 is 10.0 Å². The molecule has 0 aliphatic carbocycles. The highest BCUT2D eigenvalue weighted by molar-refractivity contribution is 5.44. The molecule has 82 valence electrons. The van der Waals surface area contributed by atoms with Gasteiger partial charge in [-0.25, -0.2) is 0 Å². The topological polar surface area (TPSA) is 26.7 Å². The van der Waals surface area contributed by atoms with Crippen molar-refractivity contribution in [2.75, 3.05) is 38.1 Å². The summed E-state index contributed by atoms with van der Waals surface area (Å²) in [5.74, 6) is 0. The van der Waals surface area contributed by atoms with Crippen LogP contribution in [0.15, 0.2) is 30.3 Å². The van der Waals surface area contributed by atoms with Crippen LogP contribution in [0.25, 0.3) is 0 Å². The predicted octanol–water partition coefficient (Wildman–Crippen LogP) is 0.799. The van der Waals surface area contributed by atoms with Gasteiger partial charge in [-0.15, -0.1) is 0 Å². The molecule has 1 N–H and O–H groups in total. The number of para-hydroxylation sites is 1. The van der Waals surface area contributed by atoms with Crippen LogP contribution in [-0.2, 0) is 0 Å². The van der Waals surface area contributed by atoms with Gasteiger partial charge >= 0.3 is 0 Å². The maximum Gasteiger partial charge on any atom is 0.0793 e. The second-order valence-electron chi connectivity index (χ2n) is 4.17. The minimum atomic E-state index is -0.0907. The number of rotatable bonds is 4. The summed E-state index contributed by atoms with van der Waals surface area (Å²) in [4.78, 5) is 4.51. The molecule has 1 aromatic carbocycles. The van der Waals surface area contributed by atoms with Crippen LogP contribution >= 0.6 is 0 Å². The van der Waals surface area contributed by atoms with Crippen LogP contribution in [-0.4, -0.2) is 49.3 Å². The van der Waals surface area contributed by atoms with Crippen LogP contribution in [0.1, 0.15) is 0 Å². The Kier molecular flexibility index (Phi) is 3.23. The zero-order chi connectivity index (χ0) is 10.7. The van der Waals surface area contributed by atoms with Crippen molar-refractivity contribution in [1.82, 2.24) is 4.90 Å². The number of β-amino-alcohol motifs (C(OH)–C–C–N with tert-alkyl or cyclic N) is 1. The molecule has 1 fully saturated rings. The monoisotopic (exact) mass is 206 g/mol. The number of likely N-dealkylation sites (tertiary alicyclic amines) is 1. The van der Waals surface area contributed by atoms with E-state index < -0.39 is 0 Å². The Morgan fingerprint density at radius 1 is 1.33 bits per heavy atom. The minimum Gasteiger partial charge on any atom is -0.390 e. The molecule has 1 saturated heterocycles. The van der Waals surface area contributed by atoms with Gasteiger partial charge in [0, 0.05) is 38.9 Å². The lowest BCUT2D eigenvalue weighted by molar-refractivity contribution is 0.00425. The number of aliphatic hydroxyl groups is 1. The number of hydrogen-bond acceptors (Lipinski definition) is 3. The molecule has 3 heteroatoms. The molecule has 1 aliphatic heterocycles. The molecule has 1 heterocycles. The SMILES string of the molecule is CN(CCN1CC(O)C1)c1ccccc1. The van der Waals surface area contributed by atoms with E-state index in [1.807, 2.05) is 6.07 Å². The molecular formula is C12H18N2O. The number of anilines is 1. The highest BCUT2D eigenvalue weighted by Gasteiger charge is 2.23. The molecule has 0 atom stereocenters. The van der Waals surface area contributed by atoms with E-state index in [1.54, 1.807) is 0 Å². The fraction of sp³-hybridized carbons (Fsp3) is 0.500. The van der Waals surface area contributed by atoms with E-state index >= 15 is 0 Å². The summed E-state index contributed by atoms with van der Waals surface area (Å²) in [5.41, 5.74) is 1.25. The van der Waals surface area contributed by atoms with E-state index in [4.69, 9.17) is 5.11 Å². The largest absolute Gasteiger partial charge is 0.390 e. The molecule has 0 bridgehead atoms. The fourth-order valence-corrected chi connectivity index (χ4v) is 1.83. The number of likely N-dealkylation sites (N-methyl/N-ethyl adjacent to an activating group) is 1. The highest BCUT2D eigenvalue weighted by Crippen LogP contribution is 2.12. The lowest BCUT2D eigenvalue weighted by atomic mass is 10.2. The first kappa shape index (κ1) is 10.5. The van der Waals surface area contributed by atoms with Crippen molar-refractivity contribution in [3.8, 4) is 0 Å². The third-order valence-corrected chi connectivity index (χ3v) is 2.89. The molecule has 0 spiro atoms. The van der Waals surface area contributed by atoms with E-state index in [2.05, 4.69) is 41.1 Å². The molecule has 0 radical (unpaired) electrons. The summed E-state index contributed by atoms with van der Waals surface area (Å²) in [6.45, 7) is 3.71. The number of aliphatic hydroxyl groups excluding tert-OH is 1. The van der Waals surface area contributed by atoms with Crippen LogP contribution in [0.5, 0.6) is 0 Å². The van der Waals surface area contributed by atoms with Crippen molar-refractivity contribution >= 4 is 5.69 Å². The Balaban J connectivity index is 1.75. The third kappa shape index (κ3) is 2.70. The molecule has 0 aromatic heterocycles. The third-order valence-electron chi connectivity index (χ3n) is 2.89. The summed E-state index contributed by atoms with van der Waals surface area (Å²) in [6, 6.07) is 10.4.